The average Bonchev–Trinajstić information content (AvgIpc) is 3.21. The van der Waals surface area contributed by atoms with Crippen LogP contribution in [0.3, 0.4) is 0 Å². The Hall–Kier alpha value is -1.23. The molecule has 12 nitrogen and oxygen atoms in total. The molecule has 3 rings (SSSR count). The third-order valence-corrected chi connectivity index (χ3v) is 7.95. The molecule has 0 spiro atoms. The molecule has 0 aromatic heterocycles. The standard InChI is InChI=1S/C19H25O12P3/c20-32(21,22)31-33(23,24)30-19-12-11-18(29-19)15-28-34(25,26-13-16-7-3-1-4-8-16)27-14-17-9-5-2-6-10-17/h1-10,18-19H,11-15H2,(H,23,24)(H2,20,21,22)/t18-,19?/m0/s1. The van der Waals surface area contributed by atoms with Crippen molar-refractivity contribution < 1.29 is 55.5 Å². The fourth-order valence-corrected chi connectivity index (χ4v) is 5.79. The molecule has 0 radical (unpaired) electrons. The molecule has 0 amide bonds. The number of hydrogen-bond acceptors (Lipinski definition) is 9. The third kappa shape index (κ3) is 9.79. The van der Waals surface area contributed by atoms with Crippen molar-refractivity contribution in [2.24, 2.45) is 0 Å². The Bertz CT molecular complexity index is 998. The van der Waals surface area contributed by atoms with Gasteiger partial charge in [0.25, 0.3) is 0 Å². The van der Waals surface area contributed by atoms with Gasteiger partial charge in [0, 0.05) is 6.42 Å². The smallest absolute Gasteiger partial charge is 0.346 e. The van der Waals surface area contributed by atoms with Crippen molar-refractivity contribution in [1.82, 2.24) is 0 Å². The summed E-state index contributed by atoms with van der Waals surface area (Å²) in [6, 6.07) is 18.0. The molecule has 2 aromatic carbocycles. The highest BCUT2D eigenvalue weighted by Gasteiger charge is 2.39. The summed E-state index contributed by atoms with van der Waals surface area (Å²) in [5.74, 6) is 0. The highest BCUT2D eigenvalue weighted by atomic mass is 31.3. The molecule has 0 bridgehead atoms. The van der Waals surface area contributed by atoms with Gasteiger partial charge in [-0.05, 0) is 17.5 Å². The van der Waals surface area contributed by atoms with E-state index in [2.05, 4.69) is 8.83 Å². The van der Waals surface area contributed by atoms with E-state index in [1.807, 2.05) is 12.1 Å². The summed E-state index contributed by atoms with van der Waals surface area (Å²) >= 11 is 0. The number of phosphoric acid groups is 3. The van der Waals surface area contributed by atoms with Crippen molar-refractivity contribution >= 4 is 23.5 Å². The van der Waals surface area contributed by atoms with E-state index in [1.165, 1.54) is 0 Å². The van der Waals surface area contributed by atoms with Crippen LogP contribution in [-0.2, 0) is 54.1 Å². The Labute approximate surface area is 196 Å². The summed E-state index contributed by atoms with van der Waals surface area (Å²) in [5, 5.41) is 0. The molecule has 15 heteroatoms. The van der Waals surface area contributed by atoms with Gasteiger partial charge in [-0.1, -0.05) is 60.7 Å². The highest BCUT2D eigenvalue weighted by Crippen LogP contribution is 2.59. The maximum absolute atomic E-state index is 13.2. The Morgan fingerprint density at radius 2 is 1.32 bits per heavy atom. The van der Waals surface area contributed by atoms with E-state index < -0.39 is 35.9 Å². The van der Waals surface area contributed by atoms with Gasteiger partial charge in [0.05, 0.1) is 25.9 Å². The van der Waals surface area contributed by atoms with Crippen LogP contribution in [0, 0.1) is 0 Å². The van der Waals surface area contributed by atoms with Crippen LogP contribution in [0.15, 0.2) is 60.7 Å². The van der Waals surface area contributed by atoms with E-state index in [1.54, 1.807) is 48.5 Å². The third-order valence-electron chi connectivity index (χ3n) is 4.41. The van der Waals surface area contributed by atoms with E-state index in [-0.39, 0.29) is 32.7 Å². The number of ether oxygens (including phenoxy) is 1. The van der Waals surface area contributed by atoms with Crippen molar-refractivity contribution in [3.05, 3.63) is 71.8 Å². The quantitative estimate of drug-likeness (QED) is 0.310. The molecule has 34 heavy (non-hydrogen) atoms. The zero-order valence-corrected chi connectivity index (χ0v) is 20.5. The normalized spacial score (nSPS) is 20.8. The van der Waals surface area contributed by atoms with Gasteiger partial charge in [-0.3, -0.25) is 18.1 Å². The van der Waals surface area contributed by atoms with Crippen molar-refractivity contribution in [3.63, 3.8) is 0 Å². The van der Waals surface area contributed by atoms with Crippen molar-refractivity contribution in [2.75, 3.05) is 6.61 Å². The Balaban J connectivity index is 1.56. The fourth-order valence-electron chi connectivity index (χ4n) is 2.92. The topological polar surface area (TPSA) is 167 Å². The molecule has 1 heterocycles. The lowest BCUT2D eigenvalue weighted by atomic mass is 10.2. The molecule has 1 aliphatic rings. The largest absolute Gasteiger partial charge is 0.483 e. The first-order chi connectivity index (χ1) is 16.0. The van der Waals surface area contributed by atoms with Crippen LogP contribution in [0.25, 0.3) is 0 Å². The van der Waals surface area contributed by atoms with Gasteiger partial charge < -0.3 is 19.4 Å². The summed E-state index contributed by atoms with van der Waals surface area (Å²) in [6.07, 6.45) is -1.62. The van der Waals surface area contributed by atoms with Gasteiger partial charge in [0.1, 0.15) is 0 Å². The maximum atomic E-state index is 13.2. The first-order valence-electron chi connectivity index (χ1n) is 10.1. The maximum Gasteiger partial charge on any atom is 0.483 e. The molecule has 1 aliphatic heterocycles. The second-order valence-corrected chi connectivity index (χ2v) is 11.6. The van der Waals surface area contributed by atoms with Crippen molar-refractivity contribution in [2.45, 2.75) is 38.4 Å². The molecule has 0 saturated carbocycles. The van der Waals surface area contributed by atoms with Gasteiger partial charge >= 0.3 is 23.5 Å². The summed E-state index contributed by atoms with van der Waals surface area (Å²) in [6.45, 7) is -0.315. The molecule has 0 aliphatic carbocycles. The van der Waals surface area contributed by atoms with E-state index in [0.29, 0.717) is 0 Å². The number of rotatable bonds is 13. The van der Waals surface area contributed by atoms with Crippen molar-refractivity contribution in [1.29, 1.82) is 0 Å². The second kappa shape index (κ2) is 12.1. The van der Waals surface area contributed by atoms with Crippen LogP contribution in [0.5, 0.6) is 0 Å². The number of phosphoric ester groups is 2. The first kappa shape index (κ1) is 27.4. The van der Waals surface area contributed by atoms with Crippen LogP contribution in [0.2, 0.25) is 0 Å². The SMILES string of the molecule is O=P(O)(O)OP(=O)(O)OC1CC[C@@H](COP(=O)(OCc2ccccc2)OCc2ccccc2)O1. The van der Waals surface area contributed by atoms with Crippen molar-refractivity contribution in [3.8, 4) is 0 Å². The molecule has 1 saturated heterocycles. The van der Waals surface area contributed by atoms with Crippen LogP contribution in [-0.4, -0.2) is 33.7 Å². The van der Waals surface area contributed by atoms with Gasteiger partial charge in [0.15, 0.2) is 6.29 Å². The average molecular weight is 538 g/mol. The highest BCUT2D eigenvalue weighted by molar-refractivity contribution is 7.60. The van der Waals surface area contributed by atoms with Gasteiger partial charge in [-0.2, -0.15) is 4.31 Å². The minimum Gasteiger partial charge on any atom is -0.346 e. The van der Waals surface area contributed by atoms with E-state index in [4.69, 9.17) is 28.1 Å². The number of hydrogen-bond donors (Lipinski definition) is 3. The monoisotopic (exact) mass is 538 g/mol. The lowest BCUT2D eigenvalue weighted by Gasteiger charge is -2.21. The minimum atomic E-state index is -5.25. The molecular formula is C19H25O12P3. The van der Waals surface area contributed by atoms with Gasteiger partial charge in [-0.25, -0.2) is 13.7 Å². The van der Waals surface area contributed by atoms with E-state index in [0.717, 1.165) is 11.1 Å². The predicted molar refractivity (Wildman–Crippen MR) is 118 cm³/mol. The van der Waals surface area contributed by atoms with Crippen LogP contribution < -0.4 is 0 Å². The predicted octanol–water partition coefficient (Wildman–Crippen LogP) is 4.28. The molecule has 1 fully saturated rings. The summed E-state index contributed by atoms with van der Waals surface area (Å²) in [5.41, 5.74) is 1.51. The molecule has 3 atom stereocenters. The lowest BCUT2D eigenvalue weighted by Crippen LogP contribution is -2.18. The molecule has 2 unspecified atom stereocenters. The Morgan fingerprint density at radius 1 is 0.794 bits per heavy atom. The number of benzene rings is 2. The Kier molecular flexibility index (Phi) is 9.77. The lowest BCUT2D eigenvalue weighted by molar-refractivity contribution is -0.0953. The van der Waals surface area contributed by atoms with Crippen LogP contribution >= 0.6 is 23.5 Å². The van der Waals surface area contributed by atoms with E-state index >= 15 is 0 Å². The summed E-state index contributed by atoms with van der Waals surface area (Å²) in [4.78, 5) is 26.8. The van der Waals surface area contributed by atoms with Crippen LogP contribution in [0.1, 0.15) is 24.0 Å². The Morgan fingerprint density at radius 3 is 1.82 bits per heavy atom. The van der Waals surface area contributed by atoms with E-state index in [9.17, 15) is 18.6 Å². The van der Waals surface area contributed by atoms with Gasteiger partial charge in [-0.15, -0.1) is 0 Å². The van der Waals surface area contributed by atoms with Crippen LogP contribution in [0.4, 0.5) is 0 Å². The fraction of sp³-hybridized carbons (Fsp3) is 0.368. The second-order valence-electron chi connectivity index (χ2n) is 7.17. The molecular weight excluding hydrogens is 513 g/mol. The molecule has 3 N–H and O–H groups in total. The zero-order valence-electron chi connectivity index (χ0n) is 17.8. The molecule has 188 valence electrons. The van der Waals surface area contributed by atoms with Gasteiger partial charge in [0.2, 0.25) is 0 Å². The summed E-state index contributed by atoms with van der Waals surface area (Å²) < 4.78 is 65.9. The minimum absolute atomic E-state index is 0.0302. The zero-order chi connectivity index (χ0) is 24.7. The summed E-state index contributed by atoms with van der Waals surface area (Å²) in [7, 11) is -14.4. The molecule has 2 aromatic rings. The first-order valence-corrected chi connectivity index (χ1v) is 14.6.